The molecule has 3 aliphatic heterocycles. The summed E-state index contributed by atoms with van der Waals surface area (Å²) in [5, 5.41) is 120. The molecule has 0 aromatic heterocycles. The zero-order valence-electron chi connectivity index (χ0n) is 51.7. The second kappa shape index (κ2) is 47.7. The van der Waals surface area contributed by atoms with Gasteiger partial charge in [-0.1, -0.05) is 251 Å². The standard InChI is InChI=1S/C64H123NO18/c1-3-5-7-9-11-12-13-14-15-16-17-18-19-20-21-22-23-24-25-26-27-28-29-30-31-32-33-34-35-36-38-40-42-52(70)65-47(48(69)41-39-37-10-8-6-4-2)46-78-62-58(76)55(73)60(50(44-67)80-62)83-64-59(77)56(74)61(51(45-68)81-64)82-63-57(75)54(72)53(71)49(43-66)79-63/h47-51,53-64,66-69,71-77H,3-46H2,1-2H3,(H,65,70). The van der Waals surface area contributed by atoms with Gasteiger partial charge in [-0.2, -0.15) is 0 Å². The Bertz CT molecular complexity index is 1520. The molecule has 0 aromatic carbocycles. The van der Waals surface area contributed by atoms with E-state index < -0.39 is 124 Å². The summed E-state index contributed by atoms with van der Waals surface area (Å²) in [5.74, 6) is -0.242. The van der Waals surface area contributed by atoms with Crippen molar-refractivity contribution in [1.82, 2.24) is 5.32 Å². The van der Waals surface area contributed by atoms with Crippen molar-refractivity contribution in [2.24, 2.45) is 0 Å². The average molecular weight is 1190 g/mol. The molecule has 12 N–H and O–H groups in total. The quantitative estimate of drug-likeness (QED) is 0.0257. The van der Waals surface area contributed by atoms with Gasteiger partial charge in [-0.25, -0.2) is 0 Å². The maximum Gasteiger partial charge on any atom is 0.220 e. The number of ether oxygens (including phenoxy) is 6. The van der Waals surface area contributed by atoms with Crippen molar-refractivity contribution in [2.75, 3.05) is 26.4 Å². The smallest absolute Gasteiger partial charge is 0.220 e. The minimum absolute atomic E-state index is 0.242. The summed E-state index contributed by atoms with van der Waals surface area (Å²) in [5.41, 5.74) is 0. The van der Waals surface area contributed by atoms with Crippen LogP contribution in [0, 0.1) is 0 Å². The molecule has 17 unspecified atom stereocenters. The molecule has 0 aromatic rings. The zero-order valence-corrected chi connectivity index (χ0v) is 51.7. The minimum Gasteiger partial charge on any atom is -0.394 e. The van der Waals surface area contributed by atoms with Crippen LogP contribution in [0.1, 0.15) is 271 Å². The fourth-order valence-electron chi connectivity index (χ4n) is 11.9. The van der Waals surface area contributed by atoms with Crippen LogP contribution in [-0.2, 0) is 33.2 Å². The van der Waals surface area contributed by atoms with Crippen molar-refractivity contribution < 1.29 is 89.4 Å². The monoisotopic (exact) mass is 1190 g/mol. The number of hydrogen-bond donors (Lipinski definition) is 12. The number of aliphatic hydroxyl groups is 11. The summed E-state index contributed by atoms with van der Waals surface area (Å²) in [6.45, 7) is 1.74. The van der Waals surface area contributed by atoms with Crippen LogP contribution in [0.5, 0.6) is 0 Å². The Balaban J connectivity index is 1.28. The first-order valence-corrected chi connectivity index (χ1v) is 33.8. The van der Waals surface area contributed by atoms with E-state index in [2.05, 4.69) is 19.2 Å². The van der Waals surface area contributed by atoms with Crippen molar-refractivity contribution in [3.8, 4) is 0 Å². The number of amides is 1. The molecule has 0 aliphatic carbocycles. The van der Waals surface area contributed by atoms with Crippen LogP contribution >= 0.6 is 0 Å². The molecule has 3 aliphatic rings. The zero-order chi connectivity index (χ0) is 60.5. The van der Waals surface area contributed by atoms with E-state index in [4.69, 9.17) is 28.4 Å². The SMILES string of the molecule is CCCCCCCCCCCCCCCCCCCCCCCCCCCCCCCCCCC(=O)NC(COC1OC(CO)C(OC2OC(CO)C(OC3OC(CO)C(O)C(O)C3O)C(O)C2O)C(O)C1O)C(O)CCCCCCCC. The second-order valence-electron chi connectivity index (χ2n) is 24.7. The van der Waals surface area contributed by atoms with E-state index in [-0.39, 0.29) is 18.9 Å². The first-order chi connectivity index (χ1) is 40.3. The number of carbonyl (C=O) groups excluding carboxylic acids is 1. The lowest BCUT2D eigenvalue weighted by Crippen LogP contribution is -2.66. The summed E-state index contributed by atoms with van der Waals surface area (Å²) in [6, 6.07) is -0.878. The number of unbranched alkanes of at least 4 members (excludes halogenated alkanes) is 36. The van der Waals surface area contributed by atoms with Crippen LogP contribution < -0.4 is 5.32 Å². The predicted octanol–water partition coefficient (Wildman–Crippen LogP) is 7.94. The van der Waals surface area contributed by atoms with Crippen molar-refractivity contribution in [1.29, 1.82) is 0 Å². The first kappa shape index (κ1) is 76.0. The highest BCUT2D eigenvalue weighted by molar-refractivity contribution is 5.76. The molecule has 0 radical (unpaired) electrons. The molecular weight excluding hydrogens is 1070 g/mol. The van der Waals surface area contributed by atoms with E-state index in [0.717, 1.165) is 57.8 Å². The molecule has 0 bridgehead atoms. The molecule has 19 heteroatoms. The van der Waals surface area contributed by atoms with Crippen molar-refractivity contribution in [3.05, 3.63) is 0 Å². The van der Waals surface area contributed by atoms with Crippen LogP contribution in [0.15, 0.2) is 0 Å². The number of aliphatic hydroxyl groups excluding tert-OH is 11. The van der Waals surface area contributed by atoms with Gasteiger partial charge < -0.3 is 89.9 Å². The van der Waals surface area contributed by atoms with Crippen LogP contribution in [-0.4, -0.2) is 193 Å². The first-order valence-electron chi connectivity index (χ1n) is 33.8. The summed E-state index contributed by atoms with van der Waals surface area (Å²) in [7, 11) is 0. The van der Waals surface area contributed by atoms with Crippen LogP contribution in [0.2, 0.25) is 0 Å². The largest absolute Gasteiger partial charge is 0.394 e. The topological polar surface area (TPSA) is 307 Å². The molecule has 3 fully saturated rings. The normalized spacial score (nSPS) is 29.3. The second-order valence-corrected chi connectivity index (χ2v) is 24.7. The van der Waals surface area contributed by atoms with Crippen LogP contribution in [0.25, 0.3) is 0 Å². The third-order valence-electron chi connectivity index (χ3n) is 17.4. The van der Waals surface area contributed by atoms with Crippen LogP contribution in [0.3, 0.4) is 0 Å². The lowest BCUT2D eigenvalue weighted by Gasteiger charge is -2.48. The molecule has 3 heterocycles. The number of hydrogen-bond acceptors (Lipinski definition) is 18. The summed E-state index contributed by atoms with van der Waals surface area (Å²) in [6.07, 6.45) is 22.9. The Morgan fingerprint density at radius 1 is 0.386 bits per heavy atom. The third-order valence-corrected chi connectivity index (χ3v) is 17.4. The summed E-state index contributed by atoms with van der Waals surface area (Å²) in [4.78, 5) is 13.3. The van der Waals surface area contributed by atoms with Gasteiger partial charge in [-0.3, -0.25) is 4.79 Å². The molecule has 17 atom stereocenters. The maximum atomic E-state index is 13.3. The van der Waals surface area contributed by atoms with Gasteiger partial charge >= 0.3 is 0 Å². The molecule has 3 saturated heterocycles. The lowest BCUT2D eigenvalue weighted by molar-refractivity contribution is -0.379. The summed E-state index contributed by atoms with van der Waals surface area (Å²) < 4.78 is 34.2. The highest BCUT2D eigenvalue weighted by Gasteiger charge is 2.53. The highest BCUT2D eigenvalue weighted by atomic mass is 16.8. The van der Waals surface area contributed by atoms with Gasteiger partial charge in [-0.15, -0.1) is 0 Å². The number of carbonyl (C=O) groups is 1. The molecular formula is C64H123NO18. The predicted molar refractivity (Wildman–Crippen MR) is 319 cm³/mol. The molecule has 3 rings (SSSR count). The van der Waals surface area contributed by atoms with E-state index >= 15 is 0 Å². The molecule has 1 amide bonds. The van der Waals surface area contributed by atoms with Gasteiger partial charge in [0, 0.05) is 6.42 Å². The van der Waals surface area contributed by atoms with Gasteiger partial charge in [0.25, 0.3) is 0 Å². The molecule has 19 nitrogen and oxygen atoms in total. The van der Waals surface area contributed by atoms with E-state index in [1.165, 1.54) is 180 Å². The maximum absolute atomic E-state index is 13.3. The molecule has 83 heavy (non-hydrogen) atoms. The average Bonchev–Trinajstić information content (AvgIpc) is 3.34. The fraction of sp³-hybridized carbons (Fsp3) is 0.984. The molecule has 0 spiro atoms. The van der Waals surface area contributed by atoms with E-state index in [1.54, 1.807) is 0 Å². The van der Waals surface area contributed by atoms with Crippen molar-refractivity contribution in [3.63, 3.8) is 0 Å². The van der Waals surface area contributed by atoms with Gasteiger partial charge in [0.15, 0.2) is 18.9 Å². The molecule has 492 valence electrons. The van der Waals surface area contributed by atoms with E-state index in [1.807, 2.05) is 0 Å². The van der Waals surface area contributed by atoms with E-state index in [0.29, 0.717) is 12.8 Å². The van der Waals surface area contributed by atoms with Crippen LogP contribution in [0.4, 0.5) is 0 Å². The minimum atomic E-state index is -1.97. The number of nitrogens with one attached hydrogen (secondary N) is 1. The van der Waals surface area contributed by atoms with E-state index in [9.17, 15) is 61.0 Å². The Hall–Kier alpha value is -1.21. The Kier molecular flexibility index (Phi) is 43.7. The van der Waals surface area contributed by atoms with Gasteiger partial charge in [0.1, 0.15) is 73.2 Å². The lowest BCUT2D eigenvalue weighted by atomic mass is 9.96. The highest BCUT2D eigenvalue weighted by Crippen LogP contribution is 2.33. The summed E-state index contributed by atoms with van der Waals surface area (Å²) >= 11 is 0. The third kappa shape index (κ3) is 30.7. The van der Waals surface area contributed by atoms with Gasteiger partial charge in [0.05, 0.1) is 38.6 Å². The fourth-order valence-corrected chi connectivity index (χ4v) is 11.9. The van der Waals surface area contributed by atoms with Gasteiger partial charge in [0.2, 0.25) is 5.91 Å². The van der Waals surface area contributed by atoms with Gasteiger partial charge in [-0.05, 0) is 12.8 Å². The Labute approximate surface area is 500 Å². The Morgan fingerprint density at radius 3 is 1.05 bits per heavy atom. The molecule has 0 saturated carbocycles. The van der Waals surface area contributed by atoms with Crippen molar-refractivity contribution >= 4 is 5.91 Å². The number of rotatable bonds is 52. The Morgan fingerprint density at radius 2 is 0.687 bits per heavy atom. The van der Waals surface area contributed by atoms with Crippen molar-refractivity contribution in [2.45, 2.75) is 375 Å².